The molecule has 152 valence electrons. The van der Waals surface area contributed by atoms with Crippen LogP contribution < -0.4 is 4.90 Å². The molecule has 3 rings (SSSR count). The number of carbonyl (C=O) groups excluding carboxylic acids is 2. The number of amides is 2. The van der Waals surface area contributed by atoms with Crippen LogP contribution in [-0.4, -0.2) is 71.1 Å². The van der Waals surface area contributed by atoms with Crippen molar-refractivity contribution in [2.75, 3.05) is 37.6 Å². The first-order chi connectivity index (χ1) is 13.2. The summed E-state index contributed by atoms with van der Waals surface area (Å²) in [5.74, 6) is -0.0680. The lowest BCUT2D eigenvalue weighted by Gasteiger charge is -2.42. The Morgan fingerprint density at radius 1 is 1.29 bits per heavy atom. The van der Waals surface area contributed by atoms with Gasteiger partial charge >= 0.3 is 0 Å². The molecule has 1 N–H and O–H groups in total. The Bertz CT molecular complexity index is 769. The second kappa shape index (κ2) is 8.05. The molecule has 1 unspecified atom stereocenters. The summed E-state index contributed by atoms with van der Waals surface area (Å²) in [5, 5.41) is 10.1. The van der Waals surface area contributed by atoms with Gasteiger partial charge in [0.1, 0.15) is 0 Å². The lowest BCUT2D eigenvalue weighted by molar-refractivity contribution is -0.114. The van der Waals surface area contributed by atoms with E-state index in [0.29, 0.717) is 31.7 Å². The number of anilines is 1. The second-order valence-corrected chi connectivity index (χ2v) is 8.52. The SMILES string of the molecule is C=CC(=O)N1CCCc2cc(C(=O)N3CCN(CC(C)(C)O)C(C)C3)ccc21. The molecule has 0 aromatic heterocycles. The first kappa shape index (κ1) is 20.6. The van der Waals surface area contributed by atoms with Crippen LogP contribution in [0.5, 0.6) is 0 Å². The van der Waals surface area contributed by atoms with Crippen molar-refractivity contribution in [3.63, 3.8) is 0 Å². The fourth-order valence-corrected chi connectivity index (χ4v) is 4.16. The number of carbonyl (C=O) groups is 2. The van der Waals surface area contributed by atoms with Gasteiger partial charge in [0, 0.05) is 50.0 Å². The molecule has 28 heavy (non-hydrogen) atoms. The number of piperazine rings is 1. The van der Waals surface area contributed by atoms with Crippen LogP contribution in [0.25, 0.3) is 0 Å². The Hall–Kier alpha value is -2.18. The first-order valence-corrected chi connectivity index (χ1v) is 10.0. The number of benzene rings is 1. The fraction of sp³-hybridized carbons (Fsp3) is 0.545. The zero-order valence-corrected chi connectivity index (χ0v) is 17.1. The molecule has 2 heterocycles. The van der Waals surface area contributed by atoms with E-state index in [0.717, 1.165) is 30.6 Å². The Labute approximate surface area is 167 Å². The number of aliphatic hydroxyl groups is 1. The zero-order chi connectivity index (χ0) is 20.5. The standard InChI is InChI=1S/C22H31N3O3/c1-5-20(26)25-10-6-7-17-13-18(8-9-19(17)25)21(27)23-11-12-24(16(2)14-23)15-22(3,4)28/h5,8-9,13,16,28H,1,6-7,10-12,14-15H2,2-4H3. The number of hydrogen-bond acceptors (Lipinski definition) is 4. The maximum absolute atomic E-state index is 13.1. The summed E-state index contributed by atoms with van der Waals surface area (Å²) >= 11 is 0. The van der Waals surface area contributed by atoms with Crippen LogP contribution in [0.1, 0.15) is 43.1 Å². The second-order valence-electron chi connectivity index (χ2n) is 8.52. The minimum absolute atomic E-state index is 0.0322. The van der Waals surface area contributed by atoms with Crippen molar-refractivity contribution in [2.24, 2.45) is 0 Å². The summed E-state index contributed by atoms with van der Waals surface area (Å²) in [5.41, 5.74) is 1.86. The third-order valence-corrected chi connectivity index (χ3v) is 5.53. The maximum atomic E-state index is 13.1. The van der Waals surface area contributed by atoms with E-state index in [4.69, 9.17) is 0 Å². The summed E-state index contributed by atoms with van der Waals surface area (Å²) in [6, 6.07) is 5.84. The summed E-state index contributed by atoms with van der Waals surface area (Å²) in [4.78, 5) is 31.0. The molecule has 0 aliphatic carbocycles. The van der Waals surface area contributed by atoms with Crippen molar-refractivity contribution < 1.29 is 14.7 Å². The predicted molar refractivity (Wildman–Crippen MR) is 111 cm³/mol. The molecule has 1 fully saturated rings. The molecule has 1 atom stereocenters. The quantitative estimate of drug-likeness (QED) is 0.806. The number of nitrogens with zero attached hydrogens (tertiary/aromatic N) is 3. The van der Waals surface area contributed by atoms with Crippen molar-refractivity contribution in [1.29, 1.82) is 0 Å². The Morgan fingerprint density at radius 3 is 2.68 bits per heavy atom. The Morgan fingerprint density at radius 2 is 2.04 bits per heavy atom. The molecule has 0 spiro atoms. The van der Waals surface area contributed by atoms with E-state index < -0.39 is 5.60 Å². The van der Waals surface area contributed by atoms with E-state index in [9.17, 15) is 14.7 Å². The average Bonchev–Trinajstić information content (AvgIpc) is 2.66. The molecule has 6 heteroatoms. The van der Waals surface area contributed by atoms with Crippen LogP contribution in [0.2, 0.25) is 0 Å². The topological polar surface area (TPSA) is 64.1 Å². The third-order valence-electron chi connectivity index (χ3n) is 5.53. The molecular formula is C22H31N3O3. The Kier molecular flexibility index (Phi) is 5.91. The summed E-state index contributed by atoms with van der Waals surface area (Å²) in [6.45, 7) is 12.6. The van der Waals surface area contributed by atoms with Crippen molar-refractivity contribution >= 4 is 17.5 Å². The van der Waals surface area contributed by atoms with Gasteiger partial charge < -0.3 is 14.9 Å². The van der Waals surface area contributed by atoms with Gasteiger partial charge in [-0.25, -0.2) is 0 Å². The van der Waals surface area contributed by atoms with Gasteiger partial charge in [-0.05, 0) is 63.5 Å². The summed E-state index contributed by atoms with van der Waals surface area (Å²) in [7, 11) is 0. The summed E-state index contributed by atoms with van der Waals surface area (Å²) in [6.07, 6.45) is 3.09. The van der Waals surface area contributed by atoms with Gasteiger partial charge in [-0.1, -0.05) is 6.58 Å². The van der Waals surface area contributed by atoms with Crippen LogP contribution in [0, 0.1) is 0 Å². The number of aryl methyl sites for hydroxylation is 1. The molecule has 2 aliphatic heterocycles. The van der Waals surface area contributed by atoms with Crippen LogP contribution in [-0.2, 0) is 11.2 Å². The number of hydrogen-bond donors (Lipinski definition) is 1. The highest BCUT2D eigenvalue weighted by Crippen LogP contribution is 2.29. The van der Waals surface area contributed by atoms with Gasteiger partial charge in [-0.2, -0.15) is 0 Å². The van der Waals surface area contributed by atoms with Crippen LogP contribution in [0.4, 0.5) is 5.69 Å². The molecule has 0 radical (unpaired) electrons. The minimum atomic E-state index is -0.742. The van der Waals surface area contributed by atoms with Gasteiger partial charge in [0.15, 0.2) is 0 Å². The lowest BCUT2D eigenvalue weighted by Crippen LogP contribution is -2.56. The largest absolute Gasteiger partial charge is 0.389 e. The monoisotopic (exact) mass is 385 g/mol. The van der Waals surface area contributed by atoms with E-state index >= 15 is 0 Å². The molecule has 2 amide bonds. The minimum Gasteiger partial charge on any atom is -0.389 e. The van der Waals surface area contributed by atoms with Crippen molar-refractivity contribution in [1.82, 2.24) is 9.80 Å². The third kappa shape index (κ3) is 4.45. The van der Waals surface area contributed by atoms with Crippen molar-refractivity contribution in [3.05, 3.63) is 42.0 Å². The van der Waals surface area contributed by atoms with E-state index in [1.807, 2.05) is 36.9 Å². The molecule has 2 aliphatic rings. The van der Waals surface area contributed by atoms with Gasteiger partial charge in [0.25, 0.3) is 5.91 Å². The highest BCUT2D eigenvalue weighted by atomic mass is 16.3. The fourth-order valence-electron chi connectivity index (χ4n) is 4.16. The molecule has 1 aromatic rings. The highest BCUT2D eigenvalue weighted by Gasteiger charge is 2.31. The van der Waals surface area contributed by atoms with Gasteiger partial charge in [-0.15, -0.1) is 0 Å². The van der Waals surface area contributed by atoms with Crippen molar-refractivity contribution in [3.8, 4) is 0 Å². The number of rotatable bonds is 4. The average molecular weight is 386 g/mol. The smallest absolute Gasteiger partial charge is 0.253 e. The number of β-amino-alcohol motifs (C(OH)–C–C–N with tert-alkyl or cyclic N) is 1. The van der Waals surface area contributed by atoms with Crippen molar-refractivity contribution in [2.45, 2.75) is 45.3 Å². The molecular weight excluding hydrogens is 354 g/mol. The lowest BCUT2D eigenvalue weighted by atomic mass is 9.98. The van der Waals surface area contributed by atoms with Gasteiger partial charge in [0.05, 0.1) is 5.60 Å². The first-order valence-electron chi connectivity index (χ1n) is 10.0. The van der Waals surface area contributed by atoms with Crippen LogP contribution in [0.3, 0.4) is 0 Å². The molecule has 6 nitrogen and oxygen atoms in total. The van der Waals surface area contributed by atoms with Gasteiger partial charge in [-0.3, -0.25) is 14.5 Å². The van der Waals surface area contributed by atoms with E-state index in [2.05, 4.69) is 18.4 Å². The van der Waals surface area contributed by atoms with Crippen LogP contribution >= 0.6 is 0 Å². The molecule has 1 aromatic carbocycles. The van der Waals surface area contributed by atoms with Gasteiger partial charge in [0.2, 0.25) is 5.91 Å². The maximum Gasteiger partial charge on any atom is 0.253 e. The normalized spacial score (nSPS) is 20.6. The zero-order valence-electron chi connectivity index (χ0n) is 17.1. The molecule has 0 bridgehead atoms. The Balaban J connectivity index is 1.72. The highest BCUT2D eigenvalue weighted by molar-refractivity contribution is 6.02. The van der Waals surface area contributed by atoms with Crippen LogP contribution in [0.15, 0.2) is 30.9 Å². The molecule has 0 saturated carbocycles. The van der Waals surface area contributed by atoms with E-state index in [1.165, 1.54) is 6.08 Å². The molecule has 1 saturated heterocycles. The predicted octanol–water partition coefficient (Wildman–Crippen LogP) is 2.07. The number of fused-ring (bicyclic) bond motifs is 1. The summed E-state index contributed by atoms with van der Waals surface area (Å²) < 4.78 is 0. The van der Waals surface area contributed by atoms with E-state index in [1.54, 1.807) is 4.90 Å². The van der Waals surface area contributed by atoms with E-state index in [-0.39, 0.29) is 17.9 Å².